The summed E-state index contributed by atoms with van der Waals surface area (Å²) >= 11 is 0. The van der Waals surface area contributed by atoms with E-state index in [0.29, 0.717) is 0 Å². The zero-order valence-electron chi connectivity index (χ0n) is 8.98. The molecule has 0 aliphatic heterocycles. The van der Waals surface area contributed by atoms with Crippen LogP contribution < -0.4 is 10.5 Å². The van der Waals surface area contributed by atoms with E-state index in [4.69, 9.17) is 15.0 Å². The number of halogens is 1. The van der Waals surface area contributed by atoms with Crippen LogP contribution in [0.25, 0.3) is 11.4 Å². The minimum absolute atomic E-state index is 0.0201. The van der Waals surface area contributed by atoms with Gasteiger partial charge in [-0.05, 0) is 12.1 Å². The van der Waals surface area contributed by atoms with E-state index >= 15 is 0 Å². The van der Waals surface area contributed by atoms with Crippen LogP contribution in [0.4, 0.5) is 4.39 Å². The number of hydrogen-bond donors (Lipinski definition) is 2. The Labute approximate surface area is 95.8 Å². The van der Waals surface area contributed by atoms with Gasteiger partial charge in [0, 0.05) is 0 Å². The van der Waals surface area contributed by atoms with Gasteiger partial charge in [-0.3, -0.25) is 0 Å². The molecule has 0 unspecified atom stereocenters. The summed E-state index contributed by atoms with van der Waals surface area (Å²) in [6.07, 6.45) is 0. The van der Waals surface area contributed by atoms with Crippen molar-refractivity contribution >= 4 is 0 Å². The van der Waals surface area contributed by atoms with Crippen molar-refractivity contribution in [3.05, 3.63) is 23.8 Å². The number of rotatable bonds is 3. The summed E-state index contributed by atoms with van der Waals surface area (Å²) in [7, 11) is 1.33. The standard InChI is InChI=1S/C10H10FN3O3/c1-16-6-3-2-5(8(11)9(6)15)10-13-7(4-12)17-14-10/h2-3,15H,4,12H2,1H3. The van der Waals surface area contributed by atoms with Gasteiger partial charge >= 0.3 is 0 Å². The number of aromatic hydroxyl groups is 1. The Bertz CT molecular complexity index is 542. The highest BCUT2D eigenvalue weighted by molar-refractivity contribution is 5.61. The summed E-state index contributed by atoms with van der Waals surface area (Å²) in [5, 5.41) is 13.0. The molecule has 0 radical (unpaired) electrons. The zero-order chi connectivity index (χ0) is 12.4. The number of nitrogens with zero attached hydrogens (tertiary/aromatic N) is 2. The van der Waals surface area contributed by atoms with Gasteiger partial charge in [-0.2, -0.15) is 4.98 Å². The molecular weight excluding hydrogens is 229 g/mol. The molecule has 0 saturated carbocycles. The molecule has 0 spiro atoms. The van der Waals surface area contributed by atoms with Gasteiger partial charge in [-0.15, -0.1) is 0 Å². The fourth-order valence-electron chi connectivity index (χ4n) is 1.33. The Kier molecular flexibility index (Phi) is 2.92. The molecular formula is C10H10FN3O3. The molecule has 1 aromatic carbocycles. The van der Waals surface area contributed by atoms with Gasteiger partial charge in [0.25, 0.3) is 0 Å². The van der Waals surface area contributed by atoms with Crippen LogP contribution in [0, 0.1) is 5.82 Å². The van der Waals surface area contributed by atoms with Crippen molar-refractivity contribution in [3.8, 4) is 22.9 Å². The summed E-state index contributed by atoms with van der Waals surface area (Å²) in [6.45, 7) is 0.0662. The van der Waals surface area contributed by atoms with Crippen LogP contribution in [-0.4, -0.2) is 22.4 Å². The molecule has 17 heavy (non-hydrogen) atoms. The van der Waals surface area contributed by atoms with Crippen LogP contribution >= 0.6 is 0 Å². The molecule has 6 nitrogen and oxygen atoms in total. The number of methoxy groups -OCH3 is 1. The summed E-state index contributed by atoms with van der Waals surface area (Å²) in [4.78, 5) is 3.86. The first-order valence-corrected chi connectivity index (χ1v) is 4.75. The fraction of sp³-hybridized carbons (Fsp3) is 0.200. The molecule has 1 aromatic heterocycles. The van der Waals surface area contributed by atoms with Crippen LogP contribution in [0.3, 0.4) is 0 Å². The molecule has 3 N–H and O–H groups in total. The molecule has 1 heterocycles. The third-order valence-electron chi connectivity index (χ3n) is 2.18. The van der Waals surface area contributed by atoms with Crippen molar-refractivity contribution in [2.24, 2.45) is 5.73 Å². The number of phenolic OH excluding ortho intramolecular Hbond substituents is 1. The number of benzene rings is 1. The number of hydrogen-bond acceptors (Lipinski definition) is 6. The normalized spacial score (nSPS) is 10.5. The first-order chi connectivity index (χ1) is 8.17. The quantitative estimate of drug-likeness (QED) is 0.831. The third-order valence-corrected chi connectivity index (χ3v) is 2.18. The first-order valence-electron chi connectivity index (χ1n) is 4.75. The van der Waals surface area contributed by atoms with Crippen molar-refractivity contribution in [1.82, 2.24) is 10.1 Å². The molecule has 2 rings (SSSR count). The monoisotopic (exact) mass is 239 g/mol. The molecule has 0 aliphatic carbocycles. The Morgan fingerprint density at radius 3 is 2.88 bits per heavy atom. The van der Waals surface area contributed by atoms with Crippen LogP contribution in [-0.2, 0) is 6.54 Å². The van der Waals surface area contributed by atoms with Crippen molar-refractivity contribution < 1.29 is 18.8 Å². The molecule has 0 saturated heterocycles. The van der Waals surface area contributed by atoms with E-state index in [2.05, 4.69) is 10.1 Å². The predicted molar refractivity (Wildman–Crippen MR) is 55.8 cm³/mol. The molecule has 90 valence electrons. The van der Waals surface area contributed by atoms with Gasteiger partial charge in [-0.1, -0.05) is 5.16 Å². The smallest absolute Gasteiger partial charge is 0.240 e. The van der Waals surface area contributed by atoms with Crippen LogP contribution in [0.5, 0.6) is 11.5 Å². The third kappa shape index (κ3) is 1.92. The average molecular weight is 239 g/mol. The maximum Gasteiger partial charge on any atom is 0.240 e. The van der Waals surface area contributed by atoms with Gasteiger partial charge in [-0.25, -0.2) is 4.39 Å². The zero-order valence-corrected chi connectivity index (χ0v) is 8.98. The van der Waals surface area contributed by atoms with E-state index in [-0.39, 0.29) is 29.6 Å². The molecule has 7 heteroatoms. The summed E-state index contributed by atoms with van der Waals surface area (Å²) < 4.78 is 23.3. The topological polar surface area (TPSA) is 94.4 Å². The second-order valence-electron chi connectivity index (χ2n) is 3.19. The van der Waals surface area contributed by atoms with Crippen LogP contribution in [0.1, 0.15) is 5.89 Å². The van der Waals surface area contributed by atoms with Crippen LogP contribution in [0.2, 0.25) is 0 Å². The lowest BCUT2D eigenvalue weighted by Crippen LogP contribution is -1.96. The second kappa shape index (κ2) is 4.38. The highest BCUT2D eigenvalue weighted by Crippen LogP contribution is 2.34. The second-order valence-corrected chi connectivity index (χ2v) is 3.19. The van der Waals surface area contributed by atoms with E-state index < -0.39 is 11.6 Å². The lowest BCUT2D eigenvalue weighted by atomic mass is 10.1. The highest BCUT2D eigenvalue weighted by atomic mass is 19.1. The van der Waals surface area contributed by atoms with Gasteiger partial charge < -0.3 is 20.1 Å². The molecule has 0 atom stereocenters. The Balaban J connectivity index is 2.49. The van der Waals surface area contributed by atoms with Crippen molar-refractivity contribution in [2.75, 3.05) is 7.11 Å². The lowest BCUT2D eigenvalue weighted by molar-refractivity contribution is 0.357. The number of ether oxygens (including phenoxy) is 1. The van der Waals surface area contributed by atoms with Crippen molar-refractivity contribution in [1.29, 1.82) is 0 Å². The first kappa shape index (κ1) is 11.3. The summed E-state index contributed by atoms with van der Waals surface area (Å²) in [5.74, 6) is -1.21. The largest absolute Gasteiger partial charge is 0.502 e. The molecule has 0 amide bonds. The Morgan fingerprint density at radius 1 is 1.53 bits per heavy atom. The van der Waals surface area contributed by atoms with Gasteiger partial charge in [0.1, 0.15) is 0 Å². The number of aromatic nitrogens is 2. The average Bonchev–Trinajstić information content (AvgIpc) is 2.81. The van der Waals surface area contributed by atoms with Gasteiger partial charge in [0.2, 0.25) is 11.7 Å². The van der Waals surface area contributed by atoms with E-state index in [1.54, 1.807) is 0 Å². The molecule has 0 fully saturated rings. The van der Waals surface area contributed by atoms with Gasteiger partial charge in [0.05, 0.1) is 19.2 Å². The molecule has 0 aliphatic rings. The molecule has 0 bridgehead atoms. The predicted octanol–water partition coefficient (Wildman–Crippen LogP) is 1.05. The fourth-order valence-corrected chi connectivity index (χ4v) is 1.33. The van der Waals surface area contributed by atoms with E-state index in [1.807, 2.05) is 0 Å². The summed E-state index contributed by atoms with van der Waals surface area (Å²) in [6, 6.07) is 2.80. The van der Waals surface area contributed by atoms with Gasteiger partial charge in [0.15, 0.2) is 17.3 Å². The summed E-state index contributed by atoms with van der Waals surface area (Å²) in [5.41, 5.74) is 5.32. The highest BCUT2D eigenvalue weighted by Gasteiger charge is 2.18. The molecule has 2 aromatic rings. The SMILES string of the molecule is COc1ccc(-c2noc(CN)n2)c(F)c1O. The maximum atomic E-state index is 13.8. The van der Waals surface area contributed by atoms with E-state index in [9.17, 15) is 9.50 Å². The van der Waals surface area contributed by atoms with Crippen molar-refractivity contribution in [2.45, 2.75) is 6.54 Å². The van der Waals surface area contributed by atoms with E-state index in [1.165, 1.54) is 19.2 Å². The van der Waals surface area contributed by atoms with E-state index in [0.717, 1.165) is 0 Å². The Hall–Kier alpha value is -2.15. The lowest BCUT2D eigenvalue weighted by Gasteiger charge is -2.05. The maximum absolute atomic E-state index is 13.8. The number of nitrogens with two attached hydrogens (primary N) is 1. The minimum atomic E-state index is -0.867. The minimum Gasteiger partial charge on any atom is -0.502 e. The van der Waals surface area contributed by atoms with Crippen LogP contribution in [0.15, 0.2) is 16.7 Å². The Morgan fingerprint density at radius 2 is 2.29 bits per heavy atom. The van der Waals surface area contributed by atoms with Crippen molar-refractivity contribution in [3.63, 3.8) is 0 Å². The number of phenols is 1.